The number of anilines is 2. The van der Waals surface area contributed by atoms with Crippen LogP contribution in [-0.2, 0) is 17.3 Å². The lowest BCUT2D eigenvalue weighted by Crippen LogP contribution is -2.27. The minimum absolute atomic E-state index is 0.330. The highest BCUT2D eigenvalue weighted by atomic mass is 32.1. The Bertz CT molecular complexity index is 1500. The average Bonchev–Trinajstić information content (AvgIpc) is 3.35. The fraction of sp³-hybridized carbons (Fsp3) is 0.233. The summed E-state index contributed by atoms with van der Waals surface area (Å²) >= 11 is 1.29. The first-order chi connectivity index (χ1) is 19.4. The van der Waals surface area contributed by atoms with E-state index in [0.29, 0.717) is 46.3 Å². The van der Waals surface area contributed by atoms with Crippen molar-refractivity contribution in [3.63, 3.8) is 0 Å². The second-order valence-corrected chi connectivity index (χ2v) is 10.8. The van der Waals surface area contributed by atoms with Gasteiger partial charge in [0, 0.05) is 23.1 Å². The fourth-order valence-electron chi connectivity index (χ4n) is 3.75. The molecule has 0 saturated carbocycles. The number of ether oxygens (including phenoxy) is 2. The molecule has 0 atom stereocenters. The normalized spacial score (nSPS) is 11.6. The minimum atomic E-state index is -4.43. The van der Waals surface area contributed by atoms with Crippen LogP contribution in [0.25, 0.3) is 11.1 Å². The third-order valence-corrected chi connectivity index (χ3v) is 6.40. The van der Waals surface area contributed by atoms with Crippen molar-refractivity contribution in [1.82, 2.24) is 4.98 Å². The Morgan fingerprint density at radius 3 is 2.24 bits per heavy atom. The van der Waals surface area contributed by atoms with Gasteiger partial charge in [-0.2, -0.15) is 13.2 Å². The van der Waals surface area contributed by atoms with E-state index in [1.165, 1.54) is 23.5 Å². The predicted molar refractivity (Wildman–Crippen MR) is 152 cm³/mol. The van der Waals surface area contributed by atoms with Crippen LogP contribution >= 0.6 is 11.3 Å². The van der Waals surface area contributed by atoms with E-state index in [-0.39, 0.29) is 0 Å². The van der Waals surface area contributed by atoms with Crippen molar-refractivity contribution in [2.75, 3.05) is 17.2 Å². The number of amides is 2. The summed E-state index contributed by atoms with van der Waals surface area (Å²) in [6.07, 6.45) is -4.48. The van der Waals surface area contributed by atoms with Crippen molar-refractivity contribution in [3.05, 3.63) is 95.0 Å². The molecule has 2 N–H and O–H groups in total. The molecule has 0 radical (unpaired) electrons. The van der Waals surface area contributed by atoms with Gasteiger partial charge in [0.15, 0.2) is 5.13 Å². The number of hydrogen-bond acceptors (Lipinski definition) is 6. The number of halogens is 3. The maximum Gasteiger partial charge on any atom is 0.416 e. The maximum absolute atomic E-state index is 13.0. The molecule has 1 aromatic heterocycles. The summed E-state index contributed by atoms with van der Waals surface area (Å²) in [7, 11) is 0. The lowest BCUT2D eigenvalue weighted by molar-refractivity contribution is -0.137. The molecule has 0 unspecified atom stereocenters. The van der Waals surface area contributed by atoms with Crippen LogP contribution in [0.2, 0.25) is 0 Å². The van der Waals surface area contributed by atoms with Gasteiger partial charge >= 0.3 is 12.3 Å². The fourth-order valence-corrected chi connectivity index (χ4v) is 4.48. The van der Waals surface area contributed by atoms with Crippen LogP contribution in [-0.4, -0.2) is 29.2 Å². The van der Waals surface area contributed by atoms with E-state index in [9.17, 15) is 22.8 Å². The summed E-state index contributed by atoms with van der Waals surface area (Å²) in [6, 6.07) is 18.2. The monoisotopic (exact) mass is 583 g/mol. The molecule has 2 amide bonds. The van der Waals surface area contributed by atoms with Crippen LogP contribution in [0.3, 0.4) is 0 Å². The number of thiazole rings is 1. The Morgan fingerprint density at radius 2 is 1.59 bits per heavy atom. The highest BCUT2D eigenvalue weighted by Gasteiger charge is 2.30. The lowest BCUT2D eigenvalue weighted by Gasteiger charge is -2.18. The van der Waals surface area contributed by atoms with E-state index in [4.69, 9.17) is 9.47 Å². The van der Waals surface area contributed by atoms with Crippen LogP contribution in [0.15, 0.2) is 78.2 Å². The zero-order valence-electron chi connectivity index (χ0n) is 22.5. The number of hydrogen-bond donors (Lipinski definition) is 2. The van der Waals surface area contributed by atoms with E-state index in [0.717, 1.165) is 17.8 Å². The van der Waals surface area contributed by atoms with Crippen LogP contribution in [0, 0.1) is 0 Å². The molecule has 0 fully saturated rings. The summed E-state index contributed by atoms with van der Waals surface area (Å²) in [5, 5.41) is 7.70. The van der Waals surface area contributed by atoms with Crippen LogP contribution in [0.4, 0.5) is 28.8 Å². The maximum atomic E-state index is 13.0. The first kappa shape index (κ1) is 29.6. The molecule has 41 heavy (non-hydrogen) atoms. The molecular weight excluding hydrogens is 555 g/mol. The number of alkyl halides is 3. The molecule has 0 saturated heterocycles. The van der Waals surface area contributed by atoms with Crippen molar-refractivity contribution in [2.45, 2.75) is 39.0 Å². The molecule has 3 aromatic carbocycles. The molecule has 0 aliphatic rings. The van der Waals surface area contributed by atoms with E-state index in [1.54, 1.807) is 69.3 Å². The second-order valence-electron chi connectivity index (χ2n) is 9.97. The first-order valence-electron chi connectivity index (χ1n) is 12.6. The van der Waals surface area contributed by atoms with Gasteiger partial charge in [-0.1, -0.05) is 30.3 Å². The largest absolute Gasteiger partial charge is 0.493 e. The number of carbonyl (C=O) groups excluding carboxylic acids is 2. The summed E-state index contributed by atoms with van der Waals surface area (Å²) in [5.74, 6) is 0.198. The van der Waals surface area contributed by atoms with E-state index in [1.807, 2.05) is 5.38 Å². The Balaban J connectivity index is 1.31. The summed E-state index contributed by atoms with van der Waals surface area (Å²) in [4.78, 5) is 29.3. The number of rotatable bonds is 8. The van der Waals surface area contributed by atoms with Gasteiger partial charge in [-0.15, -0.1) is 11.3 Å². The van der Waals surface area contributed by atoms with Crippen molar-refractivity contribution in [3.8, 4) is 16.9 Å². The van der Waals surface area contributed by atoms with Crippen molar-refractivity contribution in [1.29, 1.82) is 0 Å². The quantitative estimate of drug-likeness (QED) is 0.219. The van der Waals surface area contributed by atoms with Crippen LogP contribution in [0.1, 0.15) is 42.4 Å². The highest BCUT2D eigenvalue weighted by molar-refractivity contribution is 7.13. The van der Waals surface area contributed by atoms with Crippen molar-refractivity contribution >= 4 is 34.2 Å². The molecule has 1 heterocycles. The molecule has 0 bridgehead atoms. The van der Waals surface area contributed by atoms with Gasteiger partial charge in [0.1, 0.15) is 11.4 Å². The number of aromatic nitrogens is 1. The Morgan fingerprint density at radius 1 is 0.902 bits per heavy atom. The first-order valence-corrected chi connectivity index (χ1v) is 13.5. The second kappa shape index (κ2) is 12.4. The zero-order valence-corrected chi connectivity index (χ0v) is 23.4. The Labute approximate surface area is 239 Å². The van der Waals surface area contributed by atoms with Gasteiger partial charge in [-0.3, -0.25) is 10.1 Å². The van der Waals surface area contributed by atoms with Crippen LogP contribution in [0.5, 0.6) is 5.75 Å². The third kappa shape index (κ3) is 8.55. The lowest BCUT2D eigenvalue weighted by atomic mass is 9.98. The van der Waals surface area contributed by atoms with Crippen molar-refractivity contribution in [2.24, 2.45) is 0 Å². The number of benzene rings is 3. The summed E-state index contributed by atoms with van der Waals surface area (Å²) < 4.78 is 49.8. The van der Waals surface area contributed by atoms with E-state index >= 15 is 0 Å². The smallest absolute Gasteiger partial charge is 0.416 e. The molecule has 0 spiro atoms. The molecule has 0 aliphatic carbocycles. The molecule has 4 rings (SSSR count). The van der Waals surface area contributed by atoms with Gasteiger partial charge < -0.3 is 14.8 Å². The summed E-state index contributed by atoms with van der Waals surface area (Å²) in [5.41, 5.74) is 1.29. The average molecular weight is 584 g/mol. The molecule has 4 aromatic rings. The van der Waals surface area contributed by atoms with Crippen molar-refractivity contribution < 1.29 is 32.2 Å². The van der Waals surface area contributed by atoms with Gasteiger partial charge in [-0.05, 0) is 74.4 Å². The van der Waals surface area contributed by atoms with Crippen LogP contribution < -0.4 is 15.4 Å². The molecule has 11 heteroatoms. The molecule has 214 valence electrons. The third-order valence-electron chi connectivity index (χ3n) is 5.59. The number of nitrogens with zero attached hydrogens (tertiary/aromatic N) is 1. The summed E-state index contributed by atoms with van der Waals surface area (Å²) in [6.45, 7) is 5.69. The Hall–Kier alpha value is -4.38. The minimum Gasteiger partial charge on any atom is -0.493 e. The number of nitrogens with one attached hydrogen (secondary N) is 2. The number of carbonyl (C=O) groups is 2. The SMILES string of the molecule is CC(C)(C)OC(=O)Nc1nc(CCOc2ccc(NC(=O)c3ccccc3-c3ccc(C(F)(F)F)cc3)cc2)cs1. The van der Waals surface area contributed by atoms with Gasteiger partial charge in [0.05, 0.1) is 17.9 Å². The zero-order chi connectivity index (χ0) is 29.6. The highest BCUT2D eigenvalue weighted by Crippen LogP contribution is 2.32. The molecular formula is C30H28F3N3O4S. The topological polar surface area (TPSA) is 89.6 Å². The van der Waals surface area contributed by atoms with E-state index in [2.05, 4.69) is 15.6 Å². The van der Waals surface area contributed by atoms with Gasteiger partial charge in [0.25, 0.3) is 5.91 Å². The Kier molecular flexibility index (Phi) is 8.97. The molecule has 0 aliphatic heterocycles. The van der Waals surface area contributed by atoms with Gasteiger partial charge in [0.2, 0.25) is 0 Å². The van der Waals surface area contributed by atoms with Gasteiger partial charge in [-0.25, -0.2) is 9.78 Å². The predicted octanol–water partition coefficient (Wildman–Crippen LogP) is 8.05. The standard InChI is InChI=1S/C30H28F3N3O4S/c1-29(2,3)40-28(38)36-27-35-22(18-41-27)16-17-39-23-14-12-21(13-15-23)34-26(37)25-7-5-4-6-24(25)19-8-10-20(11-9-19)30(31,32)33/h4-15,18H,16-17H2,1-3H3,(H,34,37)(H,35,36,38). The van der Waals surface area contributed by atoms with E-state index < -0.39 is 29.3 Å². The molecule has 7 nitrogen and oxygen atoms in total.